The van der Waals surface area contributed by atoms with Gasteiger partial charge < -0.3 is 14.8 Å². The summed E-state index contributed by atoms with van der Waals surface area (Å²) in [5.41, 5.74) is -0.000872. The first-order chi connectivity index (χ1) is 12.2. The minimum Gasteiger partial charge on any atom is -0.491 e. The molecule has 0 aliphatic carbocycles. The maximum atomic E-state index is 13.9. The van der Waals surface area contributed by atoms with E-state index in [0.717, 1.165) is 25.8 Å². The Morgan fingerprint density at radius 2 is 1.92 bits per heavy atom. The average molecular weight is 370 g/mol. The topological polar surface area (TPSA) is 50.8 Å². The number of carbonyl (C=O) groups is 1. The lowest BCUT2D eigenvalue weighted by Gasteiger charge is -2.36. The number of likely N-dealkylation sites (tertiary alicyclic amines) is 1. The van der Waals surface area contributed by atoms with Crippen LogP contribution in [0.4, 0.5) is 13.6 Å². The fourth-order valence-electron chi connectivity index (χ4n) is 3.15. The third kappa shape index (κ3) is 5.83. The molecule has 1 heterocycles. The number of alkyl carbamates (subject to hydrolysis) is 1. The third-order valence-corrected chi connectivity index (χ3v) is 4.28. The summed E-state index contributed by atoms with van der Waals surface area (Å²) in [6, 6.07) is 2.70. The van der Waals surface area contributed by atoms with Gasteiger partial charge in [-0.25, -0.2) is 13.6 Å². The molecule has 7 heteroatoms. The van der Waals surface area contributed by atoms with Crippen molar-refractivity contribution in [2.75, 3.05) is 20.2 Å². The van der Waals surface area contributed by atoms with Gasteiger partial charge >= 0.3 is 6.09 Å². The Bertz CT molecular complexity index is 609. The second-order valence-electron chi connectivity index (χ2n) is 7.60. The fraction of sp³-hybridized carbons (Fsp3) is 0.632. The summed E-state index contributed by atoms with van der Waals surface area (Å²) in [6.07, 6.45) is 2.54. The number of rotatable bonds is 5. The summed E-state index contributed by atoms with van der Waals surface area (Å²) in [7, 11) is 1.24. The van der Waals surface area contributed by atoms with Gasteiger partial charge in [0.25, 0.3) is 0 Å². The average Bonchev–Trinajstić information content (AvgIpc) is 2.52. The highest BCUT2D eigenvalue weighted by atomic mass is 19.1. The zero-order chi connectivity index (χ0) is 19.3. The molecule has 1 aromatic rings. The van der Waals surface area contributed by atoms with Crippen LogP contribution in [0.3, 0.4) is 0 Å². The number of amides is 1. The number of nitrogens with one attached hydrogen (secondary N) is 1. The summed E-state index contributed by atoms with van der Waals surface area (Å²) in [4.78, 5) is 14.0. The lowest BCUT2D eigenvalue weighted by molar-refractivity contribution is 0.0492. The van der Waals surface area contributed by atoms with Crippen molar-refractivity contribution in [1.82, 2.24) is 10.2 Å². The number of benzene rings is 1. The van der Waals surface area contributed by atoms with Crippen LogP contribution in [0.15, 0.2) is 12.1 Å². The lowest BCUT2D eigenvalue weighted by atomic mass is 10.0. The molecule has 1 atom stereocenters. The summed E-state index contributed by atoms with van der Waals surface area (Å²) < 4.78 is 37.8. The summed E-state index contributed by atoms with van der Waals surface area (Å²) >= 11 is 0. The highest BCUT2D eigenvalue weighted by molar-refractivity contribution is 5.67. The number of hydrogen-bond acceptors (Lipinski definition) is 4. The predicted octanol–water partition coefficient (Wildman–Crippen LogP) is 3.85. The van der Waals surface area contributed by atoms with E-state index in [0.29, 0.717) is 18.7 Å². The number of hydrogen-bond donors (Lipinski definition) is 1. The predicted molar refractivity (Wildman–Crippen MR) is 95.2 cm³/mol. The van der Waals surface area contributed by atoms with Crippen molar-refractivity contribution >= 4 is 6.09 Å². The Morgan fingerprint density at radius 3 is 2.50 bits per heavy atom. The van der Waals surface area contributed by atoms with Gasteiger partial charge in [-0.2, -0.15) is 0 Å². The molecule has 0 spiro atoms. The SMILES string of the molecule is COc1c(F)cc(CN2CCCC[C@@H]2CNC(=O)OC(C)(C)C)cc1F. The third-order valence-electron chi connectivity index (χ3n) is 4.28. The van der Waals surface area contributed by atoms with E-state index < -0.39 is 23.3 Å². The van der Waals surface area contributed by atoms with Gasteiger partial charge in [0.2, 0.25) is 0 Å². The number of ether oxygens (including phenoxy) is 2. The quantitative estimate of drug-likeness (QED) is 0.855. The van der Waals surface area contributed by atoms with Gasteiger partial charge in [-0.15, -0.1) is 0 Å². The first-order valence-electron chi connectivity index (χ1n) is 8.92. The smallest absolute Gasteiger partial charge is 0.407 e. The Morgan fingerprint density at radius 1 is 1.27 bits per heavy atom. The molecule has 0 radical (unpaired) electrons. The van der Waals surface area contributed by atoms with Gasteiger partial charge in [0.05, 0.1) is 7.11 Å². The second-order valence-corrected chi connectivity index (χ2v) is 7.60. The van der Waals surface area contributed by atoms with Crippen LogP contribution in [0.1, 0.15) is 45.6 Å². The highest BCUT2D eigenvalue weighted by Crippen LogP contribution is 2.25. The Labute approximate surface area is 153 Å². The van der Waals surface area contributed by atoms with E-state index in [9.17, 15) is 13.6 Å². The molecular formula is C19H28F2N2O3. The normalized spacial score (nSPS) is 18.5. The number of carbonyl (C=O) groups excluding carboxylic acids is 1. The van der Waals surface area contributed by atoms with Crippen molar-refractivity contribution in [2.45, 2.75) is 58.2 Å². The van der Waals surface area contributed by atoms with Crippen molar-refractivity contribution < 1.29 is 23.0 Å². The molecule has 1 saturated heterocycles. The van der Waals surface area contributed by atoms with Crippen LogP contribution in [0.2, 0.25) is 0 Å². The molecule has 5 nitrogen and oxygen atoms in total. The largest absolute Gasteiger partial charge is 0.491 e. The van der Waals surface area contributed by atoms with Gasteiger partial charge in [-0.3, -0.25) is 4.90 Å². The monoisotopic (exact) mass is 370 g/mol. The molecule has 1 N–H and O–H groups in total. The molecule has 0 unspecified atom stereocenters. The molecule has 2 rings (SSSR count). The highest BCUT2D eigenvalue weighted by Gasteiger charge is 2.25. The van der Waals surface area contributed by atoms with Gasteiger partial charge in [0.15, 0.2) is 17.4 Å². The first-order valence-corrected chi connectivity index (χ1v) is 8.92. The minimum atomic E-state index is -0.706. The van der Waals surface area contributed by atoms with E-state index in [1.807, 2.05) is 20.8 Å². The first kappa shape index (κ1) is 20.4. The van der Waals surface area contributed by atoms with E-state index >= 15 is 0 Å². The van der Waals surface area contributed by atoms with Crippen LogP contribution in [-0.2, 0) is 11.3 Å². The Balaban J connectivity index is 1.99. The van der Waals surface area contributed by atoms with Crippen LogP contribution < -0.4 is 10.1 Å². The van der Waals surface area contributed by atoms with Crippen LogP contribution >= 0.6 is 0 Å². The van der Waals surface area contributed by atoms with Crippen molar-refractivity contribution in [2.24, 2.45) is 0 Å². The van der Waals surface area contributed by atoms with Crippen molar-refractivity contribution in [3.63, 3.8) is 0 Å². The number of nitrogens with zero attached hydrogens (tertiary/aromatic N) is 1. The lowest BCUT2D eigenvalue weighted by Crippen LogP contribution is -2.47. The summed E-state index contributed by atoms with van der Waals surface area (Å²) in [6.45, 7) is 7.11. The molecule has 1 amide bonds. The maximum absolute atomic E-state index is 13.9. The van der Waals surface area contributed by atoms with Crippen LogP contribution in [0, 0.1) is 11.6 Å². The Kier molecular flexibility index (Phi) is 6.81. The van der Waals surface area contributed by atoms with Crippen molar-refractivity contribution in [3.05, 3.63) is 29.3 Å². The standard InChI is InChI=1S/C19H28F2N2O3/c1-19(2,3)26-18(24)22-11-14-7-5-6-8-23(14)12-13-9-15(20)17(25-4)16(21)10-13/h9-10,14H,5-8,11-12H2,1-4H3,(H,22,24)/t14-/m1/s1. The minimum absolute atomic E-state index is 0.101. The molecule has 0 saturated carbocycles. The molecule has 1 aliphatic rings. The van der Waals surface area contributed by atoms with Crippen LogP contribution in [0.25, 0.3) is 0 Å². The zero-order valence-electron chi connectivity index (χ0n) is 15.9. The molecule has 26 heavy (non-hydrogen) atoms. The van der Waals surface area contributed by atoms with Gasteiger partial charge in [0, 0.05) is 19.1 Å². The van der Waals surface area contributed by atoms with Gasteiger partial charge in [-0.1, -0.05) is 6.42 Å². The van der Waals surface area contributed by atoms with E-state index in [2.05, 4.69) is 10.2 Å². The molecule has 0 aromatic heterocycles. The molecule has 1 aliphatic heterocycles. The van der Waals surface area contributed by atoms with E-state index in [1.165, 1.54) is 19.2 Å². The van der Waals surface area contributed by atoms with Gasteiger partial charge in [-0.05, 0) is 57.9 Å². The maximum Gasteiger partial charge on any atom is 0.407 e. The van der Waals surface area contributed by atoms with Crippen molar-refractivity contribution in [1.29, 1.82) is 0 Å². The zero-order valence-corrected chi connectivity index (χ0v) is 15.9. The summed E-state index contributed by atoms with van der Waals surface area (Å²) in [5, 5.41) is 2.79. The number of methoxy groups -OCH3 is 1. The molecule has 1 aromatic carbocycles. The fourth-order valence-corrected chi connectivity index (χ4v) is 3.15. The molecule has 1 fully saturated rings. The van der Waals surface area contributed by atoms with Gasteiger partial charge in [0.1, 0.15) is 5.60 Å². The molecule has 146 valence electrons. The van der Waals surface area contributed by atoms with Crippen molar-refractivity contribution in [3.8, 4) is 5.75 Å². The second kappa shape index (κ2) is 8.66. The van der Waals surface area contributed by atoms with Crippen LogP contribution in [0.5, 0.6) is 5.75 Å². The number of piperidine rings is 1. The molecule has 0 bridgehead atoms. The summed E-state index contributed by atoms with van der Waals surface area (Å²) in [5.74, 6) is -1.78. The molecular weight excluding hydrogens is 342 g/mol. The van der Waals surface area contributed by atoms with Crippen LogP contribution in [-0.4, -0.2) is 42.8 Å². The Hall–Kier alpha value is -1.89. The van der Waals surface area contributed by atoms with E-state index in [-0.39, 0.29) is 11.8 Å². The van der Waals surface area contributed by atoms with E-state index in [1.54, 1.807) is 0 Å². The number of halogens is 2. The van der Waals surface area contributed by atoms with E-state index in [4.69, 9.17) is 9.47 Å².